The Balaban J connectivity index is 1.76. The molecule has 1 N–H and O–H groups in total. The monoisotopic (exact) mass is 371 g/mol. The van der Waals surface area contributed by atoms with Crippen molar-refractivity contribution < 1.29 is 14.7 Å². The van der Waals surface area contributed by atoms with E-state index in [-0.39, 0.29) is 24.3 Å². The zero-order valence-corrected chi connectivity index (χ0v) is 15.9. The van der Waals surface area contributed by atoms with E-state index in [1.165, 1.54) is 6.92 Å². The standard InChI is InChI=1S/C19H25N5O3/c1-13-8-14(2)24(21-13)18-5-4-17(9-20-18)19(27)23-7-6-22(15(3)26)10-16(11-23)12-25/h4-5,8-9,16,25H,6-7,10-12H2,1-3H3/t16-/m0/s1. The Hall–Kier alpha value is -2.74. The lowest BCUT2D eigenvalue weighted by atomic mass is 10.1. The predicted octanol–water partition coefficient (Wildman–Crippen LogP) is 0.797. The molecule has 8 heteroatoms. The summed E-state index contributed by atoms with van der Waals surface area (Å²) in [7, 11) is 0. The van der Waals surface area contributed by atoms with Gasteiger partial charge < -0.3 is 14.9 Å². The molecule has 0 aliphatic carbocycles. The molecular weight excluding hydrogens is 346 g/mol. The van der Waals surface area contributed by atoms with Crippen molar-refractivity contribution in [3.05, 3.63) is 41.3 Å². The molecule has 0 unspecified atom stereocenters. The van der Waals surface area contributed by atoms with Gasteiger partial charge in [0.05, 0.1) is 11.3 Å². The van der Waals surface area contributed by atoms with E-state index in [9.17, 15) is 14.7 Å². The average molecular weight is 371 g/mol. The van der Waals surface area contributed by atoms with Crippen LogP contribution in [0.5, 0.6) is 0 Å². The number of aliphatic hydroxyl groups excluding tert-OH is 1. The third-order valence-electron chi connectivity index (χ3n) is 4.81. The van der Waals surface area contributed by atoms with Gasteiger partial charge >= 0.3 is 0 Å². The second kappa shape index (κ2) is 7.87. The van der Waals surface area contributed by atoms with Crippen LogP contribution < -0.4 is 0 Å². The van der Waals surface area contributed by atoms with Crippen LogP contribution in [-0.4, -0.2) is 74.3 Å². The smallest absolute Gasteiger partial charge is 0.255 e. The van der Waals surface area contributed by atoms with Crippen LogP contribution in [0.25, 0.3) is 5.82 Å². The first-order valence-electron chi connectivity index (χ1n) is 9.04. The molecule has 0 spiro atoms. The number of aromatic nitrogens is 3. The topological polar surface area (TPSA) is 91.6 Å². The first-order valence-corrected chi connectivity index (χ1v) is 9.04. The fourth-order valence-corrected chi connectivity index (χ4v) is 3.37. The van der Waals surface area contributed by atoms with Crippen molar-refractivity contribution in [2.24, 2.45) is 5.92 Å². The van der Waals surface area contributed by atoms with Gasteiger partial charge in [-0.3, -0.25) is 9.59 Å². The Morgan fingerprint density at radius 1 is 1.19 bits per heavy atom. The van der Waals surface area contributed by atoms with Crippen molar-refractivity contribution in [3.8, 4) is 5.82 Å². The summed E-state index contributed by atoms with van der Waals surface area (Å²) < 4.78 is 1.74. The third kappa shape index (κ3) is 4.16. The number of aryl methyl sites for hydroxylation is 2. The van der Waals surface area contributed by atoms with Crippen LogP contribution in [0.1, 0.15) is 28.7 Å². The maximum atomic E-state index is 12.9. The molecule has 144 valence electrons. The van der Waals surface area contributed by atoms with E-state index >= 15 is 0 Å². The Morgan fingerprint density at radius 3 is 2.44 bits per heavy atom. The molecule has 0 bridgehead atoms. The van der Waals surface area contributed by atoms with Gasteiger partial charge in [0.2, 0.25) is 5.91 Å². The van der Waals surface area contributed by atoms with Crippen LogP contribution in [0.4, 0.5) is 0 Å². The molecule has 0 radical (unpaired) electrons. The van der Waals surface area contributed by atoms with Crippen molar-refractivity contribution in [3.63, 3.8) is 0 Å². The molecule has 1 saturated heterocycles. The molecule has 27 heavy (non-hydrogen) atoms. The fraction of sp³-hybridized carbons (Fsp3) is 0.474. The number of hydrogen-bond acceptors (Lipinski definition) is 5. The normalized spacial score (nSPS) is 17.7. The SMILES string of the molecule is CC(=O)N1CCN(C(=O)c2ccc(-n3nc(C)cc3C)nc2)C[C@@H](CO)C1. The summed E-state index contributed by atoms with van der Waals surface area (Å²) in [5.74, 6) is 0.316. The molecule has 2 aromatic rings. The Morgan fingerprint density at radius 2 is 1.89 bits per heavy atom. The molecule has 0 saturated carbocycles. The maximum absolute atomic E-state index is 12.9. The van der Waals surface area contributed by atoms with Crippen LogP contribution in [0.3, 0.4) is 0 Å². The lowest BCUT2D eigenvalue weighted by Crippen LogP contribution is -2.37. The summed E-state index contributed by atoms with van der Waals surface area (Å²) in [4.78, 5) is 32.3. The third-order valence-corrected chi connectivity index (χ3v) is 4.81. The summed E-state index contributed by atoms with van der Waals surface area (Å²) >= 11 is 0. The molecule has 3 rings (SSSR count). The number of hydrogen-bond donors (Lipinski definition) is 1. The van der Waals surface area contributed by atoms with Crippen LogP contribution in [0.2, 0.25) is 0 Å². The molecule has 1 aliphatic rings. The number of aliphatic hydroxyl groups is 1. The fourth-order valence-electron chi connectivity index (χ4n) is 3.37. The molecular formula is C19H25N5O3. The van der Waals surface area contributed by atoms with Crippen molar-refractivity contribution >= 4 is 11.8 Å². The Labute approximate surface area is 158 Å². The van der Waals surface area contributed by atoms with Gasteiger partial charge in [-0.2, -0.15) is 5.10 Å². The second-order valence-electron chi connectivity index (χ2n) is 7.01. The molecule has 2 aromatic heterocycles. The van der Waals surface area contributed by atoms with Crippen LogP contribution in [0, 0.1) is 19.8 Å². The van der Waals surface area contributed by atoms with Gasteiger partial charge in [-0.25, -0.2) is 9.67 Å². The van der Waals surface area contributed by atoms with Gasteiger partial charge in [0, 0.05) is 57.5 Å². The molecule has 1 atom stereocenters. The zero-order valence-electron chi connectivity index (χ0n) is 15.9. The quantitative estimate of drug-likeness (QED) is 0.862. The summed E-state index contributed by atoms with van der Waals surface area (Å²) in [5.41, 5.74) is 2.36. The summed E-state index contributed by atoms with van der Waals surface area (Å²) in [6, 6.07) is 5.48. The van der Waals surface area contributed by atoms with E-state index in [1.54, 1.807) is 32.8 Å². The van der Waals surface area contributed by atoms with Crippen molar-refractivity contribution in [1.29, 1.82) is 0 Å². The minimum Gasteiger partial charge on any atom is -0.396 e. The van der Waals surface area contributed by atoms with Crippen LogP contribution in [0.15, 0.2) is 24.4 Å². The van der Waals surface area contributed by atoms with E-state index in [1.807, 2.05) is 19.9 Å². The number of nitrogens with zero attached hydrogens (tertiary/aromatic N) is 5. The lowest BCUT2D eigenvalue weighted by Gasteiger charge is -2.22. The number of amides is 2. The van der Waals surface area contributed by atoms with E-state index in [4.69, 9.17) is 0 Å². The number of pyridine rings is 1. The minimum atomic E-state index is -0.151. The van der Waals surface area contributed by atoms with Crippen LogP contribution >= 0.6 is 0 Å². The minimum absolute atomic E-state index is 0.0429. The highest BCUT2D eigenvalue weighted by molar-refractivity contribution is 5.94. The van der Waals surface area contributed by atoms with Gasteiger partial charge in [0.15, 0.2) is 5.82 Å². The number of rotatable bonds is 3. The molecule has 3 heterocycles. The summed E-state index contributed by atoms with van der Waals surface area (Å²) in [6.07, 6.45) is 1.55. The van der Waals surface area contributed by atoms with Gasteiger partial charge in [-0.15, -0.1) is 0 Å². The first kappa shape index (κ1) is 19.0. The van der Waals surface area contributed by atoms with Gasteiger partial charge in [-0.05, 0) is 32.0 Å². The predicted molar refractivity (Wildman–Crippen MR) is 99.6 cm³/mol. The lowest BCUT2D eigenvalue weighted by molar-refractivity contribution is -0.129. The highest BCUT2D eigenvalue weighted by Gasteiger charge is 2.27. The van der Waals surface area contributed by atoms with Crippen molar-refractivity contribution in [2.45, 2.75) is 20.8 Å². The highest BCUT2D eigenvalue weighted by Crippen LogP contribution is 2.15. The summed E-state index contributed by atoms with van der Waals surface area (Å²) in [6.45, 7) is 7.10. The Bertz CT molecular complexity index is 830. The maximum Gasteiger partial charge on any atom is 0.255 e. The zero-order chi connectivity index (χ0) is 19.6. The van der Waals surface area contributed by atoms with E-state index < -0.39 is 0 Å². The second-order valence-corrected chi connectivity index (χ2v) is 7.01. The van der Waals surface area contributed by atoms with Crippen LogP contribution in [-0.2, 0) is 4.79 Å². The summed E-state index contributed by atoms with van der Waals surface area (Å²) in [5, 5.41) is 14.0. The largest absolute Gasteiger partial charge is 0.396 e. The van der Waals surface area contributed by atoms with E-state index in [2.05, 4.69) is 10.1 Å². The molecule has 1 fully saturated rings. The molecule has 8 nitrogen and oxygen atoms in total. The van der Waals surface area contributed by atoms with Gasteiger partial charge in [-0.1, -0.05) is 0 Å². The van der Waals surface area contributed by atoms with E-state index in [0.29, 0.717) is 37.6 Å². The van der Waals surface area contributed by atoms with Crippen molar-refractivity contribution in [1.82, 2.24) is 24.6 Å². The number of carbonyl (C=O) groups is 2. The highest BCUT2D eigenvalue weighted by atomic mass is 16.3. The molecule has 0 aromatic carbocycles. The molecule has 1 aliphatic heterocycles. The Kier molecular flexibility index (Phi) is 5.55. The van der Waals surface area contributed by atoms with Gasteiger partial charge in [0.25, 0.3) is 5.91 Å². The molecule has 2 amide bonds. The average Bonchev–Trinajstić information content (AvgIpc) is 2.86. The van der Waals surface area contributed by atoms with Gasteiger partial charge in [0.1, 0.15) is 0 Å². The van der Waals surface area contributed by atoms with E-state index in [0.717, 1.165) is 11.4 Å². The number of carbonyl (C=O) groups excluding carboxylic acids is 2. The van der Waals surface area contributed by atoms with Crippen molar-refractivity contribution in [2.75, 3.05) is 32.8 Å². The first-order chi connectivity index (χ1) is 12.9.